The van der Waals surface area contributed by atoms with Crippen molar-refractivity contribution in [1.82, 2.24) is 14.3 Å². The summed E-state index contributed by atoms with van der Waals surface area (Å²) < 4.78 is 96.5. The summed E-state index contributed by atoms with van der Waals surface area (Å²) in [5.74, 6) is -5.57. The fraction of sp³-hybridized carbons (Fsp3) is 0.364. The highest BCUT2D eigenvalue weighted by Crippen LogP contribution is 2.47. The molecule has 1 spiro atoms. The third kappa shape index (κ3) is 3.78. The Morgan fingerprint density at radius 3 is 2.54 bits per heavy atom. The molecule has 1 unspecified atom stereocenters. The van der Waals surface area contributed by atoms with Gasteiger partial charge < -0.3 is 14.4 Å². The van der Waals surface area contributed by atoms with Gasteiger partial charge in [0.05, 0.1) is 42.4 Å². The number of fused-ring (bicyclic) bond motifs is 1. The van der Waals surface area contributed by atoms with Crippen LogP contribution in [-0.4, -0.2) is 67.7 Å². The van der Waals surface area contributed by atoms with E-state index >= 15 is 8.78 Å². The Morgan fingerprint density at radius 2 is 1.83 bits per heavy atom. The fourth-order valence-corrected chi connectivity index (χ4v) is 6.25. The topological polar surface area (TPSA) is 84.9 Å². The Morgan fingerprint density at radius 1 is 1.09 bits per heavy atom. The normalized spacial score (nSPS) is 22.7. The van der Waals surface area contributed by atoms with Gasteiger partial charge in [0.25, 0.3) is 0 Å². The van der Waals surface area contributed by atoms with E-state index in [1.54, 1.807) is 6.07 Å². The largest absolute Gasteiger partial charge is 0.497 e. The first-order valence-corrected chi connectivity index (χ1v) is 12.1. The Bertz CT molecular complexity index is 1410. The third-order valence-corrected chi connectivity index (χ3v) is 8.15. The van der Waals surface area contributed by atoms with Crippen LogP contribution in [0.1, 0.15) is 6.42 Å². The zero-order valence-electron chi connectivity index (χ0n) is 18.4. The molecule has 2 aliphatic heterocycles. The molecular weight excluding hydrogens is 492 g/mol. The fourth-order valence-electron chi connectivity index (χ4n) is 4.50. The average molecular weight is 512 g/mol. The second-order valence-corrected chi connectivity index (χ2v) is 10.1. The maximum absolute atomic E-state index is 15.7. The number of halogens is 4. The Hall–Kier alpha value is -3.03. The minimum absolute atomic E-state index is 0.00403. The first-order valence-electron chi connectivity index (χ1n) is 10.6. The van der Waals surface area contributed by atoms with Gasteiger partial charge in [0.1, 0.15) is 11.6 Å². The van der Waals surface area contributed by atoms with Gasteiger partial charge >= 0.3 is 5.92 Å². The second-order valence-electron chi connectivity index (χ2n) is 8.25. The van der Waals surface area contributed by atoms with Crippen molar-refractivity contribution >= 4 is 26.9 Å². The standard InChI is InChI=1S/C22H20F4N4O4S/c1-33-14-3-2-4-15(9-14)35(31,32)30-7-8-34-22(30)5-6-29(13-21(22,25)26)20-12-27-18-10-16(23)17(24)11-19(18)28-20/h2-4,9-12H,5-8,13H2,1H3. The molecule has 1 atom stereocenters. The van der Waals surface area contributed by atoms with Gasteiger partial charge in [-0.25, -0.2) is 22.2 Å². The zero-order valence-corrected chi connectivity index (χ0v) is 19.2. The van der Waals surface area contributed by atoms with Crippen molar-refractivity contribution in [2.24, 2.45) is 0 Å². The Kier molecular flexibility index (Phi) is 5.61. The summed E-state index contributed by atoms with van der Waals surface area (Å²) in [7, 11) is -2.97. The van der Waals surface area contributed by atoms with Gasteiger partial charge in [-0.15, -0.1) is 0 Å². The molecule has 1 aromatic heterocycles. The first-order chi connectivity index (χ1) is 16.6. The van der Waals surface area contributed by atoms with Crippen LogP contribution >= 0.6 is 0 Å². The number of benzene rings is 2. The highest BCUT2D eigenvalue weighted by molar-refractivity contribution is 7.89. The van der Waals surface area contributed by atoms with Gasteiger partial charge in [0.15, 0.2) is 11.6 Å². The molecule has 0 bridgehead atoms. The number of ether oxygens (including phenoxy) is 2. The molecule has 3 heterocycles. The van der Waals surface area contributed by atoms with Crippen molar-refractivity contribution < 1.29 is 35.5 Å². The van der Waals surface area contributed by atoms with Crippen LogP contribution in [0.5, 0.6) is 5.75 Å². The lowest BCUT2D eigenvalue weighted by molar-refractivity contribution is -0.228. The summed E-state index contributed by atoms with van der Waals surface area (Å²) >= 11 is 0. The molecule has 2 aliphatic rings. The third-order valence-electron chi connectivity index (χ3n) is 6.24. The molecule has 35 heavy (non-hydrogen) atoms. The molecule has 186 valence electrons. The lowest BCUT2D eigenvalue weighted by atomic mass is 9.96. The average Bonchev–Trinajstić information content (AvgIpc) is 3.28. The molecule has 0 saturated carbocycles. The molecule has 2 saturated heterocycles. The number of hydrogen-bond acceptors (Lipinski definition) is 7. The lowest BCUT2D eigenvalue weighted by Gasteiger charge is -2.48. The maximum Gasteiger partial charge on any atom is 0.307 e. The van der Waals surface area contributed by atoms with Crippen LogP contribution in [-0.2, 0) is 14.8 Å². The number of alkyl halides is 2. The van der Waals surface area contributed by atoms with Crippen molar-refractivity contribution in [1.29, 1.82) is 0 Å². The van der Waals surface area contributed by atoms with Crippen molar-refractivity contribution in [2.45, 2.75) is 23.0 Å². The van der Waals surface area contributed by atoms with Crippen LogP contribution in [0.2, 0.25) is 0 Å². The quantitative estimate of drug-likeness (QED) is 0.497. The highest BCUT2D eigenvalue weighted by Gasteiger charge is 2.66. The number of piperidine rings is 1. The van der Waals surface area contributed by atoms with Gasteiger partial charge in [0, 0.05) is 37.7 Å². The molecule has 3 aromatic rings. The summed E-state index contributed by atoms with van der Waals surface area (Å²) in [6.45, 7) is -1.39. The van der Waals surface area contributed by atoms with E-state index in [0.717, 1.165) is 16.4 Å². The molecular formula is C22H20F4N4O4S. The van der Waals surface area contributed by atoms with E-state index in [-0.39, 0.29) is 53.6 Å². The van der Waals surface area contributed by atoms with Gasteiger partial charge in [-0.05, 0) is 12.1 Å². The smallest absolute Gasteiger partial charge is 0.307 e. The number of aromatic nitrogens is 2. The van der Waals surface area contributed by atoms with E-state index in [0.29, 0.717) is 0 Å². The van der Waals surface area contributed by atoms with Gasteiger partial charge in [-0.3, -0.25) is 4.98 Å². The van der Waals surface area contributed by atoms with Crippen LogP contribution in [0.4, 0.5) is 23.4 Å². The Balaban J connectivity index is 1.46. The van der Waals surface area contributed by atoms with Crippen molar-refractivity contribution in [3.05, 3.63) is 54.2 Å². The van der Waals surface area contributed by atoms with E-state index in [4.69, 9.17) is 9.47 Å². The monoisotopic (exact) mass is 512 g/mol. The number of sulfonamides is 1. The van der Waals surface area contributed by atoms with Crippen LogP contribution in [0.15, 0.2) is 47.5 Å². The van der Waals surface area contributed by atoms with Crippen LogP contribution < -0.4 is 9.64 Å². The Labute approximate surface area is 198 Å². The molecule has 8 nitrogen and oxygen atoms in total. The van der Waals surface area contributed by atoms with Crippen LogP contribution in [0.3, 0.4) is 0 Å². The molecule has 0 radical (unpaired) electrons. The number of nitrogens with zero attached hydrogens (tertiary/aromatic N) is 4. The predicted octanol–water partition coefficient (Wildman–Crippen LogP) is 3.18. The van der Waals surface area contributed by atoms with Crippen molar-refractivity contribution in [2.75, 3.05) is 38.3 Å². The van der Waals surface area contributed by atoms with Crippen LogP contribution in [0.25, 0.3) is 11.0 Å². The van der Waals surface area contributed by atoms with E-state index in [1.165, 1.54) is 36.4 Å². The number of methoxy groups -OCH3 is 1. The number of anilines is 1. The molecule has 2 fully saturated rings. The van der Waals surface area contributed by atoms with E-state index in [2.05, 4.69) is 9.97 Å². The first kappa shape index (κ1) is 23.7. The van der Waals surface area contributed by atoms with Gasteiger partial charge in [-0.2, -0.15) is 13.1 Å². The molecule has 2 aromatic carbocycles. The molecule has 0 N–H and O–H groups in total. The van der Waals surface area contributed by atoms with E-state index in [1.807, 2.05) is 0 Å². The molecule has 5 rings (SSSR count). The summed E-state index contributed by atoms with van der Waals surface area (Å²) in [6.07, 6.45) is 0.828. The van der Waals surface area contributed by atoms with Crippen molar-refractivity contribution in [3.8, 4) is 5.75 Å². The predicted molar refractivity (Wildman–Crippen MR) is 117 cm³/mol. The van der Waals surface area contributed by atoms with E-state index in [9.17, 15) is 17.2 Å². The summed E-state index contributed by atoms with van der Waals surface area (Å²) in [6, 6.07) is 7.30. The summed E-state index contributed by atoms with van der Waals surface area (Å²) in [5.41, 5.74) is -2.31. The van der Waals surface area contributed by atoms with Crippen molar-refractivity contribution in [3.63, 3.8) is 0 Å². The van der Waals surface area contributed by atoms with Gasteiger partial charge in [-0.1, -0.05) is 6.07 Å². The molecule has 0 aliphatic carbocycles. The summed E-state index contributed by atoms with van der Waals surface area (Å²) in [4.78, 5) is 9.19. The number of rotatable bonds is 4. The van der Waals surface area contributed by atoms with E-state index < -0.39 is 39.9 Å². The molecule has 13 heteroatoms. The maximum atomic E-state index is 15.7. The minimum atomic E-state index is -4.35. The minimum Gasteiger partial charge on any atom is -0.497 e. The van der Waals surface area contributed by atoms with Gasteiger partial charge in [0.2, 0.25) is 15.7 Å². The lowest BCUT2D eigenvalue weighted by Crippen LogP contribution is -2.67. The second kappa shape index (κ2) is 8.28. The van der Waals surface area contributed by atoms with Crippen LogP contribution in [0, 0.1) is 11.6 Å². The highest BCUT2D eigenvalue weighted by atomic mass is 32.2. The molecule has 0 amide bonds. The SMILES string of the molecule is COc1cccc(S(=O)(=O)N2CCOC23CCN(c2cnc4cc(F)c(F)cc4n2)CC3(F)F)c1. The number of hydrogen-bond donors (Lipinski definition) is 0. The zero-order chi connectivity index (χ0) is 25.0. The summed E-state index contributed by atoms with van der Waals surface area (Å²) in [5, 5.41) is 0.